The van der Waals surface area contributed by atoms with Crippen LogP contribution in [0.2, 0.25) is 0 Å². The van der Waals surface area contributed by atoms with Crippen LogP contribution in [-0.4, -0.2) is 39.7 Å². The molecule has 0 aliphatic carbocycles. The maximum Gasteiger partial charge on any atom is 0.355 e. The van der Waals surface area contributed by atoms with E-state index in [1.165, 1.54) is 37.8 Å². The zero-order chi connectivity index (χ0) is 19.2. The molecule has 0 radical (unpaired) electrons. The predicted molar refractivity (Wildman–Crippen MR) is 92.0 cm³/mol. The van der Waals surface area contributed by atoms with Gasteiger partial charge in [-0.1, -0.05) is 6.07 Å². The molecular weight excluding hydrogens is 340 g/mol. The molecule has 0 spiro atoms. The molecule has 136 valence electrons. The van der Waals surface area contributed by atoms with E-state index < -0.39 is 17.5 Å². The molecule has 0 saturated heterocycles. The number of carbonyl (C=O) groups excluding carboxylic acids is 1. The van der Waals surface area contributed by atoms with Crippen LogP contribution in [0.5, 0.6) is 17.4 Å². The van der Waals surface area contributed by atoms with Crippen molar-refractivity contribution in [1.29, 1.82) is 0 Å². The van der Waals surface area contributed by atoms with Crippen molar-refractivity contribution in [2.24, 2.45) is 0 Å². The summed E-state index contributed by atoms with van der Waals surface area (Å²) in [7, 11) is 1.42. The standard InChI is InChI=1S/C18H18N2O6/c1-18(2,26-15-11-19-8-9-20-15)17(23)25-13-6-4-12(5-7-16(21)22)10-14(13)24-3/h4-11H,1-3H3,(H,21,22)/b7-5+. The van der Waals surface area contributed by atoms with Gasteiger partial charge in [-0.05, 0) is 37.6 Å². The lowest BCUT2D eigenvalue weighted by atomic mass is 10.1. The highest BCUT2D eigenvalue weighted by Crippen LogP contribution is 2.30. The Balaban J connectivity index is 2.15. The number of carboxylic acid groups (broad SMARTS) is 1. The van der Waals surface area contributed by atoms with Crippen LogP contribution < -0.4 is 14.2 Å². The molecule has 0 aliphatic rings. The SMILES string of the molecule is COc1cc(/C=C/C(=O)O)ccc1OC(=O)C(C)(C)Oc1cnccn1. The Bertz CT molecular complexity index is 818. The first-order valence-electron chi connectivity index (χ1n) is 7.58. The molecule has 0 fully saturated rings. The number of esters is 1. The van der Waals surface area contributed by atoms with E-state index in [2.05, 4.69) is 9.97 Å². The van der Waals surface area contributed by atoms with E-state index in [1.807, 2.05) is 0 Å². The van der Waals surface area contributed by atoms with Crippen molar-refractivity contribution in [3.63, 3.8) is 0 Å². The smallest absolute Gasteiger partial charge is 0.355 e. The van der Waals surface area contributed by atoms with Crippen molar-refractivity contribution in [2.45, 2.75) is 19.4 Å². The quantitative estimate of drug-likeness (QED) is 0.456. The van der Waals surface area contributed by atoms with Gasteiger partial charge in [0, 0.05) is 18.5 Å². The lowest BCUT2D eigenvalue weighted by molar-refractivity contribution is -0.149. The summed E-state index contributed by atoms with van der Waals surface area (Å²) < 4.78 is 16.1. The summed E-state index contributed by atoms with van der Waals surface area (Å²) in [6.07, 6.45) is 6.72. The number of aliphatic carboxylic acids is 1. The van der Waals surface area contributed by atoms with Gasteiger partial charge in [0.25, 0.3) is 0 Å². The number of hydrogen-bond acceptors (Lipinski definition) is 7. The fourth-order valence-electron chi connectivity index (χ4n) is 1.90. The molecule has 1 heterocycles. The third-order valence-corrected chi connectivity index (χ3v) is 3.20. The molecule has 1 aromatic carbocycles. The lowest BCUT2D eigenvalue weighted by Crippen LogP contribution is -2.41. The number of aromatic nitrogens is 2. The lowest BCUT2D eigenvalue weighted by Gasteiger charge is -2.23. The van der Waals surface area contributed by atoms with Gasteiger partial charge in [0.05, 0.1) is 13.3 Å². The van der Waals surface area contributed by atoms with Gasteiger partial charge in [-0.25, -0.2) is 14.6 Å². The average Bonchev–Trinajstić information content (AvgIpc) is 2.61. The first-order valence-corrected chi connectivity index (χ1v) is 7.58. The van der Waals surface area contributed by atoms with Crippen molar-refractivity contribution in [1.82, 2.24) is 9.97 Å². The zero-order valence-electron chi connectivity index (χ0n) is 14.5. The molecule has 0 atom stereocenters. The molecule has 8 heteroatoms. The van der Waals surface area contributed by atoms with Gasteiger partial charge < -0.3 is 19.3 Å². The van der Waals surface area contributed by atoms with Gasteiger partial charge in [0.2, 0.25) is 11.5 Å². The van der Waals surface area contributed by atoms with E-state index in [-0.39, 0.29) is 17.4 Å². The first-order chi connectivity index (χ1) is 12.3. The molecule has 0 bridgehead atoms. The molecule has 0 unspecified atom stereocenters. The van der Waals surface area contributed by atoms with E-state index >= 15 is 0 Å². The fourth-order valence-corrected chi connectivity index (χ4v) is 1.90. The third kappa shape index (κ3) is 5.04. The summed E-state index contributed by atoms with van der Waals surface area (Å²) in [6, 6.07) is 4.66. The number of benzene rings is 1. The normalized spacial score (nSPS) is 11.2. The number of ether oxygens (including phenoxy) is 3. The molecule has 8 nitrogen and oxygen atoms in total. The molecule has 0 aliphatic heterocycles. The minimum atomic E-state index is -1.32. The Morgan fingerprint density at radius 2 is 1.96 bits per heavy atom. The molecule has 2 rings (SSSR count). The van der Waals surface area contributed by atoms with Gasteiger partial charge in [-0.2, -0.15) is 0 Å². The monoisotopic (exact) mass is 358 g/mol. The van der Waals surface area contributed by atoms with Crippen LogP contribution in [0.3, 0.4) is 0 Å². The Hall–Kier alpha value is -3.42. The Kier molecular flexibility index (Phi) is 5.90. The summed E-state index contributed by atoms with van der Waals surface area (Å²) >= 11 is 0. The number of nitrogens with zero attached hydrogens (tertiary/aromatic N) is 2. The molecule has 1 aromatic heterocycles. The third-order valence-electron chi connectivity index (χ3n) is 3.20. The van der Waals surface area contributed by atoms with Crippen molar-refractivity contribution >= 4 is 18.0 Å². The highest BCUT2D eigenvalue weighted by Gasteiger charge is 2.33. The van der Waals surface area contributed by atoms with Crippen LogP contribution in [0.15, 0.2) is 42.9 Å². The second-order valence-corrected chi connectivity index (χ2v) is 5.63. The molecule has 26 heavy (non-hydrogen) atoms. The highest BCUT2D eigenvalue weighted by molar-refractivity contribution is 5.85. The zero-order valence-corrected chi connectivity index (χ0v) is 14.5. The topological polar surface area (TPSA) is 108 Å². The van der Waals surface area contributed by atoms with Crippen molar-refractivity contribution in [3.8, 4) is 17.4 Å². The summed E-state index contributed by atoms with van der Waals surface area (Å²) in [5.74, 6) is -1.07. The largest absolute Gasteiger partial charge is 0.493 e. The second kappa shape index (κ2) is 8.11. The van der Waals surface area contributed by atoms with E-state index in [9.17, 15) is 9.59 Å². The average molecular weight is 358 g/mol. The fraction of sp³-hybridized carbons (Fsp3) is 0.222. The van der Waals surface area contributed by atoms with Crippen molar-refractivity contribution < 1.29 is 28.9 Å². The van der Waals surface area contributed by atoms with Crippen LogP contribution in [0, 0.1) is 0 Å². The number of carbonyl (C=O) groups is 2. The number of carboxylic acids is 1. The predicted octanol–water partition coefficient (Wildman–Crippen LogP) is 2.35. The van der Waals surface area contributed by atoms with Gasteiger partial charge >= 0.3 is 11.9 Å². The Morgan fingerprint density at radius 1 is 1.19 bits per heavy atom. The van der Waals surface area contributed by atoms with Crippen molar-refractivity contribution in [3.05, 3.63) is 48.4 Å². The van der Waals surface area contributed by atoms with Crippen LogP contribution in [0.25, 0.3) is 6.08 Å². The first kappa shape index (κ1) is 18.9. The van der Waals surface area contributed by atoms with Gasteiger partial charge in [-0.3, -0.25) is 4.98 Å². The number of rotatable bonds is 7. The number of hydrogen-bond donors (Lipinski definition) is 1. The number of methoxy groups -OCH3 is 1. The molecular formula is C18H18N2O6. The van der Waals surface area contributed by atoms with E-state index in [0.717, 1.165) is 6.08 Å². The van der Waals surface area contributed by atoms with Crippen LogP contribution >= 0.6 is 0 Å². The molecule has 1 N–H and O–H groups in total. The van der Waals surface area contributed by atoms with Crippen LogP contribution in [0.1, 0.15) is 19.4 Å². The van der Waals surface area contributed by atoms with E-state index in [0.29, 0.717) is 5.56 Å². The minimum Gasteiger partial charge on any atom is -0.493 e. The summed E-state index contributed by atoms with van der Waals surface area (Å²) in [5.41, 5.74) is -0.734. The molecule has 0 saturated carbocycles. The Labute approximate surface area is 150 Å². The van der Waals surface area contributed by atoms with Gasteiger partial charge in [0.1, 0.15) is 0 Å². The summed E-state index contributed by atoms with van der Waals surface area (Å²) in [4.78, 5) is 30.9. The highest BCUT2D eigenvalue weighted by atomic mass is 16.6. The summed E-state index contributed by atoms with van der Waals surface area (Å²) in [5, 5.41) is 8.67. The molecule has 0 amide bonds. The van der Waals surface area contributed by atoms with Crippen molar-refractivity contribution in [2.75, 3.05) is 7.11 Å². The minimum absolute atomic E-state index is 0.181. The Morgan fingerprint density at radius 3 is 2.58 bits per heavy atom. The van der Waals surface area contributed by atoms with Gasteiger partial charge in [-0.15, -0.1) is 0 Å². The summed E-state index contributed by atoms with van der Waals surface area (Å²) in [6.45, 7) is 3.08. The van der Waals surface area contributed by atoms with Crippen LogP contribution in [0.4, 0.5) is 0 Å². The molecule has 2 aromatic rings. The maximum atomic E-state index is 12.5. The van der Waals surface area contributed by atoms with Gasteiger partial charge in [0.15, 0.2) is 11.5 Å². The van der Waals surface area contributed by atoms with E-state index in [1.54, 1.807) is 26.0 Å². The van der Waals surface area contributed by atoms with E-state index in [4.69, 9.17) is 19.3 Å². The van der Waals surface area contributed by atoms with Crippen LogP contribution in [-0.2, 0) is 9.59 Å². The maximum absolute atomic E-state index is 12.5. The second-order valence-electron chi connectivity index (χ2n) is 5.63.